The van der Waals surface area contributed by atoms with Crippen LogP contribution in [0.25, 0.3) is 11.6 Å². The second kappa shape index (κ2) is 12.7. The lowest BCUT2D eigenvalue weighted by molar-refractivity contribution is -0.274. The minimum Gasteiger partial charge on any atom is -0.493 e. The van der Waals surface area contributed by atoms with Gasteiger partial charge in [0.2, 0.25) is 0 Å². The topological polar surface area (TPSA) is 44.8 Å². The fourth-order valence-electron chi connectivity index (χ4n) is 4.16. The van der Waals surface area contributed by atoms with Crippen molar-refractivity contribution in [3.05, 3.63) is 70.8 Å². The number of aryl methyl sites for hydroxylation is 2. The maximum Gasteiger partial charge on any atom is 0.573 e. The van der Waals surface area contributed by atoms with Gasteiger partial charge in [0, 0.05) is 11.1 Å². The lowest BCUT2D eigenvalue weighted by Gasteiger charge is -2.14. The second-order valence-electron chi connectivity index (χ2n) is 9.06. The maximum atomic E-state index is 12.6. The number of carbonyl (C=O) groups excluding carboxylic acids is 1. The summed E-state index contributed by atoms with van der Waals surface area (Å²) in [6.07, 6.45) is 3.66. The van der Waals surface area contributed by atoms with E-state index in [1.165, 1.54) is 11.6 Å². The van der Waals surface area contributed by atoms with E-state index >= 15 is 0 Å². The smallest absolute Gasteiger partial charge is 0.493 e. The van der Waals surface area contributed by atoms with Gasteiger partial charge >= 0.3 is 12.3 Å². The van der Waals surface area contributed by atoms with Crippen LogP contribution in [0.15, 0.2) is 48.6 Å². The van der Waals surface area contributed by atoms with Crippen molar-refractivity contribution < 1.29 is 32.2 Å². The molecule has 0 heterocycles. The van der Waals surface area contributed by atoms with Gasteiger partial charge in [0.05, 0.1) is 13.2 Å². The lowest BCUT2D eigenvalue weighted by atomic mass is 9.98. The van der Waals surface area contributed by atoms with Gasteiger partial charge in [-0.15, -0.1) is 13.2 Å². The molecule has 0 aromatic heterocycles. The van der Waals surface area contributed by atoms with Crippen molar-refractivity contribution in [3.63, 3.8) is 0 Å². The Kier molecular flexibility index (Phi) is 9.62. The van der Waals surface area contributed by atoms with E-state index in [1.807, 2.05) is 12.1 Å². The molecule has 0 saturated carbocycles. The molecule has 0 fully saturated rings. The largest absolute Gasteiger partial charge is 0.573 e. The zero-order valence-electron chi connectivity index (χ0n) is 20.9. The normalized spacial score (nSPS) is 13.3. The molecule has 2 aromatic carbocycles. The van der Waals surface area contributed by atoms with Gasteiger partial charge in [0.1, 0.15) is 11.5 Å². The van der Waals surface area contributed by atoms with Crippen molar-refractivity contribution in [2.75, 3.05) is 13.2 Å². The molecule has 0 aliphatic heterocycles. The average Bonchev–Trinajstić information content (AvgIpc) is 3.04. The molecule has 0 spiro atoms. The number of hydrogen-bond donors (Lipinski definition) is 0. The van der Waals surface area contributed by atoms with Crippen LogP contribution in [0, 0.1) is 6.92 Å². The van der Waals surface area contributed by atoms with Crippen LogP contribution < -0.4 is 9.47 Å². The van der Waals surface area contributed by atoms with Gasteiger partial charge in [-0.05, 0) is 105 Å². The first kappa shape index (κ1) is 27.4. The van der Waals surface area contributed by atoms with E-state index in [0.717, 1.165) is 67.4 Å². The van der Waals surface area contributed by atoms with Crippen LogP contribution in [0.1, 0.15) is 67.7 Å². The van der Waals surface area contributed by atoms with Crippen LogP contribution in [0.3, 0.4) is 0 Å². The van der Waals surface area contributed by atoms with Crippen molar-refractivity contribution >= 4 is 17.6 Å². The van der Waals surface area contributed by atoms with Gasteiger partial charge in [-0.1, -0.05) is 24.8 Å². The van der Waals surface area contributed by atoms with Gasteiger partial charge in [-0.25, -0.2) is 4.79 Å². The predicted molar refractivity (Wildman–Crippen MR) is 135 cm³/mol. The Balaban J connectivity index is 1.61. The first-order valence-corrected chi connectivity index (χ1v) is 12.3. The number of hydrogen-bond acceptors (Lipinski definition) is 4. The third-order valence-electron chi connectivity index (χ3n) is 6.02. The highest BCUT2D eigenvalue weighted by molar-refractivity contribution is 5.87. The molecule has 3 rings (SSSR count). The summed E-state index contributed by atoms with van der Waals surface area (Å²) in [6, 6.07) is 10.9. The van der Waals surface area contributed by atoms with Gasteiger partial charge < -0.3 is 14.2 Å². The Morgan fingerprint density at radius 2 is 1.75 bits per heavy atom. The minimum absolute atomic E-state index is 0.182. The Morgan fingerprint density at radius 3 is 2.44 bits per heavy atom. The van der Waals surface area contributed by atoms with Crippen molar-refractivity contribution in [1.29, 1.82) is 0 Å². The van der Waals surface area contributed by atoms with Gasteiger partial charge in [0.25, 0.3) is 0 Å². The van der Waals surface area contributed by atoms with Crippen LogP contribution in [0.5, 0.6) is 11.5 Å². The molecule has 0 atom stereocenters. The fraction of sp³-hybridized carbons (Fsp3) is 0.414. The minimum atomic E-state index is -4.71. The van der Waals surface area contributed by atoms with E-state index in [1.54, 1.807) is 26.0 Å². The van der Waals surface area contributed by atoms with Crippen LogP contribution in [-0.2, 0) is 16.0 Å². The summed E-state index contributed by atoms with van der Waals surface area (Å²) in [5.74, 6) is 0.284. The number of benzene rings is 2. The Bertz CT molecular complexity index is 1100. The quantitative estimate of drug-likeness (QED) is 0.178. The second-order valence-corrected chi connectivity index (χ2v) is 9.06. The standard InChI is InChI=1S/C29H33F3O4/c1-20(2)28(33)35-17-7-5-4-6-16-34-27-13-9-11-22-10-8-12-23(19-25(22)27)24-14-15-26(21(3)18-24)36-29(30,31)32/h9,11,13-15,18-19H,1,4-8,10,12,16-17H2,2-3H3. The molecular weight excluding hydrogens is 469 g/mol. The Labute approximate surface area is 210 Å². The summed E-state index contributed by atoms with van der Waals surface area (Å²) in [5.41, 5.74) is 5.03. The highest BCUT2D eigenvalue weighted by Crippen LogP contribution is 2.36. The fourth-order valence-corrected chi connectivity index (χ4v) is 4.16. The number of ether oxygens (including phenoxy) is 3. The van der Waals surface area contributed by atoms with E-state index < -0.39 is 6.36 Å². The van der Waals surface area contributed by atoms with Crippen LogP contribution in [-0.4, -0.2) is 25.5 Å². The molecule has 2 aromatic rings. The molecular formula is C29H33F3O4. The average molecular weight is 503 g/mol. The number of halogens is 3. The first-order valence-electron chi connectivity index (χ1n) is 12.3. The SMILES string of the molecule is C=C(C)C(=O)OCCCCCCOc1cccc2c1C=C(c1ccc(OC(F)(F)F)c(C)c1)CCC2. The molecule has 0 N–H and O–H groups in total. The zero-order valence-corrected chi connectivity index (χ0v) is 20.9. The number of unbranched alkanes of at least 4 members (excludes halogenated alkanes) is 3. The number of esters is 1. The highest BCUT2D eigenvalue weighted by Gasteiger charge is 2.31. The number of allylic oxidation sites excluding steroid dienone is 1. The van der Waals surface area contributed by atoms with Crippen molar-refractivity contribution in [2.24, 2.45) is 0 Å². The molecule has 7 heteroatoms. The van der Waals surface area contributed by atoms with Gasteiger partial charge in [-0.2, -0.15) is 0 Å². The zero-order chi connectivity index (χ0) is 26.1. The summed E-state index contributed by atoms with van der Waals surface area (Å²) in [7, 11) is 0. The van der Waals surface area contributed by atoms with E-state index in [4.69, 9.17) is 9.47 Å². The molecule has 4 nitrogen and oxygen atoms in total. The molecule has 0 amide bonds. The highest BCUT2D eigenvalue weighted by atomic mass is 19.4. The molecule has 0 saturated heterocycles. The van der Waals surface area contributed by atoms with E-state index in [0.29, 0.717) is 24.4 Å². The number of fused-ring (bicyclic) bond motifs is 1. The Morgan fingerprint density at radius 1 is 1.00 bits per heavy atom. The summed E-state index contributed by atoms with van der Waals surface area (Å²) in [4.78, 5) is 11.4. The summed E-state index contributed by atoms with van der Waals surface area (Å²) >= 11 is 0. The molecule has 0 unspecified atom stereocenters. The molecule has 1 aliphatic rings. The van der Waals surface area contributed by atoms with E-state index in [9.17, 15) is 18.0 Å². The molecule has 0 bridgehead atoms. The van der Waals surface area contributed by atoms with Crippen LogP contribution in [0.2, 0.25) is 0 Å². The van der Waals surface area contributed by atoms with Gasteiger partial charge in [0.15, 0.2) is 0 Å². The van der Waals surface area contributed by atoms with Crippen LogP contribution >= 0.6 is 0 Å². The molecule has 194 valence electrons. The van der Waals surface area contributed by atoms with E-state index in [-0.39, 0.29) is 11.7 Å². The lowest BCUT2D eigenvalue weighted by Crippen LogP contribution is -2.17. The molecule has 36 heavy (non-hydrogen) atoms. The summed E-state index contributed by atoms with van der Waals surface area (Å²) < 4.78 is 53.2. The van der Waals surface area contributed by atoms with E-state index in [2.05, 4.69) is 23.5 Å². The summed E-state index contributed by atoms with van der Waals surface area (Å²) in [6.45, 7) is 7.79. The number of carbonyl (C=O) groups is 1. The predicted octanol–water partition coefficient (Wildman–Crippen LogP) is 7.83. The molecule has 0 radical (unpaired) electrons. The third kappa shape index (κ3) is 8.18. The van der Waals surface area contributed by atoms with Crippen molar-refractivity contribution in [1.82, 2.24) is 0 Å². The Hall–Kier alpha value is -3.22. The van der Waals surface area contributed by atoms with Crippen molar-refractivity contribution in [2.45, 2.75) is 65.2 Å². The van der Waals surface area contributed by atoms with Gasteiger partial charge in [-0.3, -0.25) is 0 Å². The maximum absolute atomic E-state index is 12.6. The number of rotatable bonds is 11. The van der Waals surface area contributed by atoms with Crippen LogP contribution in [0.4, 0.5) is 13.2 Å². The number of alkyl halides is 3. The third-order valence-corrected chi connectivity index (χ3v) is 6.02. The van der Waals surface area contributed by atoms with Crippen molar-refractivity contribution in [3.8, 4) is 11.5 Å². The monoisotopic (exact) mass is 502 g/mol. The first-order chi connectivity index (χ1) is 17.1. The molecule has 1 aliphatic carbocycles. The summed E-state index contributed by atoms with van der Waals surface area (Å²) in [5, 5.41) is 0.